The van der Waals surface area contributed by atoms with Gasteiger partial charge in [0, 0.05) is 0 Å². The highest BCUT2D eigenvalue weighted by Gasteiger charge is 2.48. The molecule has 0 aromatic heterocycles. The Morgan fingerprint density at radius 2 is 1.58 bits per heavy atom. The predicted octanol–water partition coefficient (Wildman–Crippen LogP) is 4.19. The molecule has 1 aliphatic rings. The molecule has 0 bridgehead atoms. The number of benzene rings is 3. The van der Waals surface area contributed by atoms with E-state index in [0.29, 0.717) is 17.7 Å². The van der Waals surface area contributed by atoms with Gasteiger partial charge in [-0.25, -0.2) is 0 Å². The second-order valence-electron chi connectivity index (χ2n) is 6.37. The standard InChI is InChI=1S/C21H16O3/c1-21(13-14-7-3-2-4-8-14)19(22)18-16-10-6-5-9-15(16)11-12-17(18)24-20(21)23/h2-12H,13H2,1H3. The van der Waals surface area contributed by atoms with Gasteiger partial charge in [0.05, 0.1) is 5.56 Å². The monoisotopic (exact) mass is 316 g/mol. The van der Waals surface area contributed by atoms with Crippen LogP contribution in [0.2, 0.25) is 0 Å². The number of carbonyl (C=O) groups excluding carboxylic acids is 2. The molecule has 0 spiro atoms. The van der Waals surface area contributed by atoms with Gasteiger partial charge in [-0.2, -0.15) is 0 Å². The molecule has 24 heavy (non-hydrogen) atoms. The zero-order chi connectivity index (χ0) is 16.7. The molecular formula is C21H16O3. The summed E-state index contributed by atoms with van der Waals surface area (Å²) in [6, 6.07) is 20.8. The number of Topliss-reactive ketones (excluding diaryl/α,β-unsaturated/α-hetero) is 1. The summed E-state index contributed by atoms with van der Waals surface area (Å²) in [6.07, 6.45) is 0.328. The lowest BCUT2D eigenvalue weighted by atomic mass is 9.74. The fourth-order valence-electron chi connectivity index (χ4n) is 3.31. The van der Waals surface area contributed by atoms with E-state index in [4.69, 9.17) is 4.74 Å². The smallest absolute Gasteiger partial charge is 0.325 e. The zero-order valence-corrected chi connectivity index (χ0v) is 13.3. The van der Waals surface area contributed by atoms with Crippen molar-refractivity contribution in [3.8, 4) is 5.75 Å². The van der Waals surface area contributed by atoms with E-state index in [1.165, 1.54) is 0 Å². The van der Waals surface area contributed by atoms with Gasteiger partial charge >= 0.3 is 5.97 Å². The molecule has 0 amide bonds. The summed E-state index contributed by atoms with van der Waals surface area (Å²) >= 11 is 0. The molecule has 0 N–H and O–H groups in total. The third kappa shape index (κ3) is 2.13. The lowest BCUT2D eigenvalue weighted by molar-refractivity contribution is -0.143. The van der Waals surface area contributed by atoms with E-state index in [9.17, 15) is 9.59 Å². The molecule has 3 aromatic carbocycles. The van der Waals surface area contributed by atoms with Gasteiger partial charge in [-0.05, 0) is 35.7 Å². The van der Waals surface area contributed by atoms with Gasteiger partial charge in [0.1, 0.15) is 11.2 Å². The van der Waals surface area contributed by atoms with E-state index in [2.05, 4.69) is 0 Å². The number of ketones is 1. The maximum atomic E-state index is 13.3. The minimum absolute atomic E-state index is 0.172. The van der Waals surface area contributed by atoms with Crippen LogP contribution in [0.15, 0.2) is 66.7 Å². The van der Waals surface area contributed by atoms with Gasteiger partial charge in [0.15, 0.2) is 5.78 Å². The van der Waals surface area contributed by atoms with Crippen LogP contribution in [-0.4, -0.2) is 11.8 Å². The summed E-state index contributed by atoms with van der Waals surface area (Å²) < 4.78 is 5.54. The Kier molecular flexibility index (Phi) is 3.24. The van der Waals surface area contributed by atoms with Crippen molar-refractivity contribution in [3.05, 3.63) is 77.9 Å². The van der Waals surface area contributed by atoms with Crippen molar-refractivity contribution >= 4 is 22.5 Å². The summed E-state index contributed by atoms with van der Waals surface area (Å²) in [5.41, 5.74) is 0.235. The fourth-order valence-corrected chi connectivity index (χ4v) is 3.31. The molecule has 0 aliphatic carbocycles. The second kappa shape index (κ2) is 5.31. The lowest BCUT2D eigenvalue weighted by Gasteiger charge is -2.31. The SMILES string of the molecule is CC1(Cc2ccccc2)C(=O)Oc2ccc3ccccc3c2C1=O. The molecule has 1 heterocycles. The summed E-state index contributed by atoms with van der Waals surface area (Å²) in [6.45, 7) is 1.68. The third-order valence-electron chi connectivity index (χ3n) is 4.67. The van der Waals surface area contributed by atoms with E-state index >= 15 is 0 Å². The maximum absolute atomic E-state index is 13.3. The first-order chi connectivity index (χ1) is 11.6. The molecule has 0 fully saturated rings. The van der Waals surface area contributed by atoms with Gasteiger partial charge in [-0.15, -0.1) is 0 Å². The summed E-state index contributed by atoms with van der Waals surface area (Å²) in [7, 11) is 0. The first-order valence-corrected chi connectivity index (χ1v) is 7.92. The number of hydrogen-bond acceptors (Lipinski definition) is 3. The molecule has 0 radical (unpaired) electrons. The van der Waals surface area contributed by atoms with Crippen molar-refractivity contribution in [1.82, 2.24) is 0 Å². The highest BCUT2D eigenvalue weighted by molar-refractivity contribution is 6.22. The van der Waals surface area contributed by atoms with Gasteiger partial charge in [0.2, 0.25) is 0 Å². The van der Waals surface area contributed by atoms with E-state index in [0.717, 1.165) is 16.3 Å². The van der Waals surface area contributed by atoms with Crippen LogP contribution in [0.1, 0.15) is 22.8 Å². The Bertz CT molecular complexity index is 959. The summed E-state index contributed by atoms with van der Waals surface area (Å²) in [5.74, 6) is -0.303. The quantitative estimate of drug-likeness (QED) is 0.404. The van der Waals surface area contributed by atoms with Crippen LogP contribution in [0.4, 0.5) is 0 Å². The number of esters is 1. The van der Waals surface area contributed by atoms with Crippen molar-refractivity contribution < 1.29 is 14.3 Å². The number of fused-ring (bicyclic) bond motifs is 3. The molecule has 0 saturated heterocycles. The van der Waals surface area contributed by atoms with Crippen molar-refractivity contribution in [2.24, 2.45) is 5.41 Å². The fraction of sp³-hybridized carbons (Fsp3) is 0.143. The Morgan fingerprint density at radius 1 is 0.875 bits per heavy atom. The highest BCUT2D eigenvalue weighted by Crippen LogP contribution is 2.41. The normalized spacial score (nSPS) is 19.9. The molecule has 118 valence electrons. The van der Waals surface area contributed by atoms with Crippen molar-refractivity contribution in [2.45, 2.75) is 13.3 Å². The van der Waals surface area contributed by atoms with E-state index < -0.39 is 11.4 Å². The number of rotatable bonds is 2. The minimum atomic E-state index is -1.21. The highest BCUT2D eigenvalue weighted by atomic mass is 16.5. The molecule has 1 atom stereocenters. The summed E-state index contributed by atoms with van der Waals surface area (Å²) in [4.78, 5) is 25.9. The van der Waals surface area contributed by atoms with Gasteiger partial charge < -0.3 is 4.74 Å². The average Bonchev–Trinajstić information content (AvgIpc) is 2.60. The minimum Gasteiger partial charge on any atom is -0.425 e. The lowest BCUT2D eigenvalue weighted by Crippen LogP contribution is -2.45. The number of carbonyl (C=O) groups is 2. The third-order valence-corrected chi connectivity index (χ3v) is 4.67. The van der Waals surface area contributed by atoms with E-state index in [1.807, 2.05) is 60.7 Å². The molecule has 1 unspecified atom stereocenters. The van der Waals surface area contributed by atoms with Crippen LogP contribution < -0.4 is 4.74 Å². The van der Waals surface area contributed by atoms with Crippen LogP contribution in [0, 0.1) is 5.41 Å². The number of ether oxygens (including phenoxy) is 1. The second-order valence-corrected chi connectivity index (χ2v) is 6.37. The van der Waals surface area contributed by atoms with E-state index in [1.54, 1.807) is 13.0 Å². The molecule has 3 heteroatoms. The Morgan fingerprint density at radius 3 is 2.38 bits per heavy atom. The molecule has 0 saturated carbocycles. The van der Waals surface area contributed by atoms with Crippen LogP contribution >= 0.6 is 0 Å². The van der Waals surface area contributed by atoms with Gasteiger partial charge in [-0.3, -0.25) is 9.59 Å². The first kappa shape index (κ1) is 14.6. The molecule has 3 aromatic rings. The first-order valence-electron chi connectivity index (χ1n) is 7.92. The van der Waals surface area contributed by atoms with Gasteiger partial charge in [-0.1, -0.05) is 60.7 Å². The molecular weight excluding hydrogens is 300 g/mol. The largest absolute Gasteiger partial charge is 0.425 e. The Hall–Kier alpha value is -2.94. The van der Waals surface area contributed by atoms with Crippen LogP contribution in [-0.2, 0) is 11.2 Å². The summed E-state index contributed by atoms with van der Waals surface area (Å²) in [5, 5.41) is 1.79. The predicted molar refractivity (Wildman–Crippen MR) is 92.2 cm³/mol. The van der Waals surface area contributed by atoms with E-state index in [-0.39, 0.29) is 5.78 Å². The van der Waals surface area contributed by atoms with Crippen molar-refractivity contribution in [3.63, 3.8) is 0 Å². The maximum Gasteiger partial charge on any atom is 0.325 e. The van der Waals surface area contributed by atoms with Crippen LogP contribution in [0.3, 0.4) is 0 Å². The van der Waals surface area contributed by atoms with Crippen molar-refractivity contribution in [2.75, 3.05) is 0 Å². The van der Waals surface area contributed by atoms with Crippen LogP contribution in [0.5, 0.6) is 5.75 Å². The Labute approximate surface area is 139 Å². The van der Waals surface area contributed by atoms with Gasteiger partial charge in [0.25, 0.3) is 0 Å². The molecule has 4 rings (SSSR count). The molecule has 3 nitrogen and oxygen atoms in total. The zero-order valence-electron chi connectivity index (χ0n) is 13.3. The van der Waals surface area contributed by atoms with Crippen molar-refractivity contribution in [1.29, 1.82) is 0 Å². The van der Waals surface area contributed by atoms with Crippen LogP contribution in [0.25, 0.3) is 10.8 Å². The Balaban J connectivity index is 1.87. The topological polar surface area (TPSA) is 43.4 Å². The average molecular weight is 316 g/mol. The molecule has 1 aliphatic heterocycles. The number of hydrogen-bond donors (Lipinski definition) is 0.